The molecular weight excluding hydrogens is 620 g/mol. The van der Waals surface area contributed by atoms with Crippen molar-refractivity contribution in [2.24, 2.45) is 0 Å². The summed E-state index contributed by atoms with van der Waals surface area (Å²) in [5.41, 5.74) is 0. The van der Waals surface area contributed by atoms with E-state index in [0.29, 0.717) is 13.0 Å². The van der Waals surface area contributed by atoms with Crippen LogP contribution in [0.3, 0.4) is 0 Å². The van der Waals surface area contributed by atoms with E-state index in [1.165, 1.54) is 96.3 Å². The molecular formula is C33H64O12S. The lowest BCUT2D eigenvalue weighted by Gasteiger charge is -2.41. The standard InChI is InChI=1S/C33H64O12S/c1-3-5-6-7-8-9-10-11-12-13-14-15-16-17-18-19-20-21-23-41-25-27(43-29(35)22-4-2)26-42-33-31(37)32(45-46(38,39)40)30(36)28(24-34)44-33/h27-28,30-34,36-37H,3-26H2,1-2H3,(H,38,39,40). The van der Waals surface area contributed by atoms with Gasteiger partial charge in [-0.3, -0.25) is 9.35 Å². The molecule has 1 rings (SSSR count). The van der Waals surface area contributed by atoms with E-state index in [1.807, 2.05) is 6.92 Å². The second kappa shape index (κ2) is 27.0. The van der Waals surface area contributed by atoms with Crippen molar-refractivity contribution in [1.82, 2.24) is 0 Å². The third kappa shape index (κ3) is 21.1. The molecule has 1 heterocycles. The Morgan fingerprint density at radius 3 is 1.70 bits per heavy atom. The fourth-order valence-corrected chi connectivity index (χ4v) is 6.04. The molecule has 46 heavy (non-hydrogen) atoms. The summed E-state index contributed by atoms with van der Waals surface area (Å²) in [6.07, 6.45) is 14.8. The fourth-order valence-electron chi connectivity index (χ4n) is 5.53. The SMILES string of the molecule is CCCCCCCCCCCCCCCCCCCCOCC(COC1OC(CO)C(O)C(OS(=O)(=O)O)C1O)OC(=O)CCC. The number of carbonyl (C=O) groups excluding carboxylic acids is 1. The van der Waals surface area contributed by atoms with Gasteiger partial charge in [0.1, 0.15) is 30.5 Å². The Bertz CT molecular complexity index is 842. The maximum absolute atomic E-state index is 12.1. The van der Waals surface area contributed by atoms with Crippen LogP contribution in [0.4, 0.5) is 0 Å². The van der Waals surface area contributed by atoms with Crippen LogP contribution in [0.15, 0.2) is 0 Å². The number of hydrogen-bond donors (Lipinski definition) is 4. The van der Waals surface area contributed by atoms with Crippen LogP contribution in [0.1, 0.15) is 142 Å². The van der Waals surface area contributed by atoms with Crippen LogP contribution in [-0.4, -0.2) is 97.5 Å². The number of ether oxygens (including phenoxy) is 4. The zero-order valence-corrected chi connectivity index (χ0v) is 29.2. The Morgan fingerprint density at radius 1 is 0.739 bits per heavy atom. The third-order valence-electron chi connectivity index (χ3n) is 8.20. The molecule has 0 amide bonds. The second-order valence-electron chi connectivity index (χ2n) is 12.5. The molecule has 12 nitrogen and oxygen atoms in total. The molecule has 0 aromatic carbocycles. The van der Waals surface area contributed by atoms with Crippen molar-refractivity contribution in [1.29, 1.82) is 0 Å². The van der Waals surface area contributed by atoms with Gasteiger partial charge in [-0.25, -0.2) is 4.18 Å². The van der Waals surface area contributed by atoms with E-state index >= 15 is 0 Å². The Labute approximate surface area is 277 Å². The average Bonchev–Trinajstić information content (AvgIpc) is 3.01. The van der Waals surface area contributed by atoms with Crippen LogP contribution in [0.25, 0.3) is 0 Å². The van der Waals surface area contributed by atoms with Gasteiger partial charge >= 0.3 is 16.4 Å². The van der Waals surface area contributed by atoms with E-state index in [-0.39, 0.29) is 19.6 Å². The maximum Gasteiger partial charge on any atom is 0.397 e. The van der Waals surface area contributed by atoms with Gasteiger partial charge in [0.05, 0.1) is 19.8 Å². The summed E-state index contributed by atoms with van der Waals surface area (Å²) in [5, 5.41) is 30.1. The zero-order chi connectivity index (χ0) is 34.0. The Balaban J connectivity index is 2.23. The van der Waals surface area contributed by atoms with E-state index in [2.05, 4.69) is 11.1 Å². The summed E-state index contributed by atoms with van der Waals surface area (Å²) in [6, 6.07) is 0. The highest BCUT2D eigenvalue weighted by Gasteiger charge is 2.48. The van der Waals surface area contributed by atoms with Crippen LogP contribution in [0, 0.1) is 0 Å². The molecule has 1 aliphatic rings. The van der Waals surface area contributed by atoms with Gasteiger partial charge in [0.15, 0.2) is 6.29 Å². The highest BCUT2D eigenvalue weighted by atomic mass is 32.3. The summed E-state index contributed by atoms with van der Waals surface area (Å²) in [4.78, 5) is 12.1. The first kappa shape index (κ1) is 43.1. The minimum absolute atomic E-state index is 0.0359. The molecule has 0 aliphatic carbocycles. The highest BCUT2D eigenvalue weighted by molar-refractivity contribution is 7.80. The van der Waals surface area contributed by atoms with E-state index in [9.17, 15) is 28.5 Å². The predicted molar refractivity (Wildman–Crippen MR) is 175 cm³/mol. The first-order chi connectivity index (χ1) is 22.1. The lowest BCUT2D eigenvalue weighted by atomic mass is 9.99. The molecule has 6 atom stereocenters. The Hall–Kier alpha value is -0.900. The fraction of sp³-hybridized carbons (Fsp3) is 0.970. The summed E-state index contributed by atoms with van der Waals surface area (Å²) in [6.45, 7) is 3.60. The summed E-state index contributed by atoms with van der Waals surface area (Å²) in [7, 11) is -5.04. The van der Waals surface area contributed by atoms with Crippen molar-refractivity contribution in [2.45, 2.75) is 179 Å². The minimum atomic E-state index is -5.04. The van der Waals surface area contributed by atoms with Gasteiger partial charge in [0, 0.05) is 13.0 Å². The van der Waals surface area contributed by atoms with Crippen LogP contribution in [0.5, 0.6) is 0 Å². The molecule has 274 valence electrons. The quantitative estimate of drug-likeness (QED) is 0.0431. The predicted octanol–water partition coefficient (Wildman–Crippen LogP) is 5.40. The third-order valence-corrected chi connectivity index (χ3v) is 8.66. The number of hydrogen-bond acceptors (Lipinski definition) is 11. The topological polar surface area (TPSA) is 178 Å². The molecule has 0 saturated carbocycles. The average molecular weight is 685 g/mol. The van der Waals surface area contributed by atoms with Crippen LogP contribution < -0.4 is 0 Å². The maximum atomic E-state index is 12.1. The number of carbonyl (C=O) groups is 1. The minimum Gasteiger partial charge on any atom is -0.457 e. The second-order valence-corrected chi connectivity index (χ2v) is 13.5. The molecule has 6 unspecified atom stereocenters. The number of aliphatic hydroxyl groups excluding tert-OH is 3. The largest absolute Gasteiger partial charge is 0.457 e. The van der Waals surface area contributed by atoms with Gasteiger partial charge in [0.25, 0.3) is 0 Å². The van der Waals surface area contributed by atoms with Crippen molar-refractivity contribution in [3.05, 3.63) is 0 Å². The molecule has 13 heteroatoms. The molecule has 0 aromatic heterocycles. The van der Waals surface area contributed by atoms with Gasteiger partial charge in [-0.2, -0.15) is 8.42 Å². The number of esters is 1. The van der Waals surface area contributed by atoms with E-state index in [1.54, 1.807) is 0 Å². The number of unbranched alkanes of at least 4 members (excludes halogenated alkanes) is 17. The molecule has 0 radical (unpaired) electrons. The van der Waals surface area contributed by atoms with E-state index in [4.69, 9.17) is 23.5 Å². The van der Waals surface area contributed by atoms with E-state index < -0.39 is 59.8 Å². The van der Waals surface area contributed by atoms with Crippen molar-refractivity contribution >= 4 is 16.4 Å². The summed E-state index contributed by atoms with van der Waals surface area (Å²) >= 11 is 0. The van der Waals surface area contributed by atoms with Crippen LogP contribution in [-0.2, 0) is 38.3 Å². The molecule has 4 N–H and O–H groups in total. The number of rotatable bonds is 30. The van der Waals surface area contributed by atoms with Gasteiger partial charge in [0.2, 0.25) is 0 Å². The van der Waals surface area contributed by atoms with Crippen molar-refractivity contribution < 1.29 is 56.2 Å². The monoisotopic (exact) mass is 684 g/mol. The number of aliphatic hydroxyl groups is 3. The lowest BCUT2D eigenvalue weighted by molar-refractivity contribution is -0.301. The van der Waals surface area contributed by atoms with Gasteiger partial charge in [-0.15, -0.1) is 0 Å². The molecule has 0 bridgehead atoms. The first-order valence-corrected chi connectivity index (χ1v) is 19.2. The first-order valence-electron chi connectivity index (χ1n) is 17.8. The molecule has 0 aromatic rings. The highest BCUT2D eigenvalue weighted by Crippen LogP contribution is 2.26. The van der Waals surface area contributed by atoms with E-state index in [0.717, 1.165) is 19.3 Å². The van der Waals surface area contributed by atoms with Crippen LogP contribution >= 0.6 is 0 Å². The molecule has 1 saturated heterocycles. The van der Waals surface area contributed by atoms with Crippen molar-refractivity contribution in [3.8, 4) is 0 Å². The summed E-state index contributed by atoms with van der Waals surface area (Å²) in [5.74, 6) is -0.450. The molecule has 1 aliphatic heterocycles. The van der Waals surface area contributed by atoms with Gasteiger partial charge in [-0.1, -0.05) is 123 Å². The molecule has 1 fully saturated rings. The lowest BCUT2D eigenvalue weighted by Crippen LogP contribution is -2.60. The normalized spacial score (nSPS) is 22.6. The van der Waals surface area contributed by atoms with Crippen molar-refractivity contribution in [2.75, 3.05) is 26.4 Å². The van der Waals surface area contributed by atoms with Gasteiger partial charge in [-0.05, 0) is 12.8 Å². The van der Waals surface area contributed by atoms with Crippen molar-refractivity contribution in [3.63, 3.8) is 0 Å². The van der Waals surface area contributed by atoms with Crippen LogP contribution in [0.2, 0.25) is 0 Å². The molecule has 0 spiro atoms. The Kier molecular flexibility index (Phi) is 25.3. The Morgan fingerprint density at radius 2 is 1.24 bits per heavy atom. The zero-order valence-electron chi connectivity index (χ0n) is 28.4. The van der Waals surface area contributed by atoms with Gasteiger partial charge < -0.3 is 34.3 Å². The summed E-state index contributed by atoms with van der Waals surface area (Å²) < 4.78 is 57.9. The smallest absolute Gasteiger partial charge is 0.397 e.